The van der Waals surface area contributed by atoms with Crippen LogP contribution in [-0.4, -0.2) is 17.7 Å². The Morgan fingerprint density at radius 3 is 2.82 bits per heavy atom. The molecule has 0 saturated carbocycles. The molecule has 0 atom stereocenters. The van der Waals surface area contributed by atoms with Crippen LogP contribution in [0.1, 0.15) is 24.3 Å². The van der Waals surface area contributed by atoms with Crippen molar-refractivity contribution in [1.82, 2.24) is 9.88 Å². The normalized spacial score (nSPS) is 17.7. The van der Waals surface area contributed by atoms with Gasteiger partial charge in [0, 0.05) is 24.3 Å². The molecule has 17 heavy (non-hydrogen) atoms. The molecule has 0 amide bonds. The summed E-state index contributed by atoms with van der Waals surface area (Å²) in [5, 5.41) is 4.79. The third-order valence-electron chi connectivity index (χ3n) is 3.82. The molecule has 1 aliphatic heterocycles. The number of nitrogens with zero attached hydrogens (tertiary/aromatic N) is 1. The first-order chi connectivity index (χ1) is 8.25. The number of hydrogen-bond acceptors (Lipinski definition) is 2. The average Bonchev–Trinajstić information content (AvgIpc) is 2.68. The van der Waals surface area contributed by atoms with E-state index in [9.17, 15) is 0 Å². The van der Waals surface area contributed by atoms with Gasteiger partial charge in [-0.25, -0.2) is 0 Å². The summed E-state index contributed by atoms with van der Waals surface area (Å²) in [6.45, 7) is 2.27. The molecule has 1 fully saturated rings. The highest BCUT2D eigenvalue weighted by molar-refractivity contribution is 5.87. The first kappa shape index (κ1) is 10.7. The molecule has 1 aromatic heterocycles. The van der Waals surface area contributed by atoms with Crippen molar-refractivity contribution in [1.29, 1.82) is 0 Å². The first-order valence-electron chi connectivity index (χ1n) is 6.31. The molecule has 0 aliphatic carbocycles. The van der Waals surface area contributed by atoms with E-state index in [1.54, 1.807) is 0 Å². The standard InChI is InChI=1S/C14H19N3/c1-17-9-13(10-4-6-16-7-5-10)12-3-2-11(15)8-14(12)17/h2-3,8-10,16H,4-7,15H2,1H3. The topological polar surface area (TPSA) is 43.0 Å². The summed E-state index contributed by atoms with van der Waals surface area (Å²) in [6.07, 6.45) is 4.76. The van der Waals surface area contributed by atoms with Crippen molar-refractivity contribution < 1.29 is 0 Å². The second-order valence-electron chi connectivity index (χ2n) is 5.00. The zero-order chi connectivity index (χ0) is 11.8. The van der Waals surface area contributed by atoms with Crippen LogP contribution in [-0.2, 0) is 7.05 Å². The molecule has 3 N–H and O–H groups in total. The number of nitrogen functional groups attached to an aromatic ring is 1. The molecule has 0 unspecified atom stereocenters. The maximum atomic E-state index is 5.86. The lowest BCUT2D eigenvalue weighted by molar-refractivity contribution is 0.462. The van der Waals surface area contributed by atoms with Gasteiger partial charge in [-0.05, 0) is 49.5 Å². The number of aryl methyl sites for hydroxylation is 1. The van der Waals surface area contributed by atoms with Gasteiger partial charge in [0.2, 0.25) is 0 Å². The van der Waals surface area contributed by atoms with Crippen LogP contribution in [0.15, 0.2) is 24.4 Å². The van der Waals surface area contributed by atoms with Crippen molar-refractivity contribution in [2.24, 2.45) is 7.05 Å². The van der Waals surface area contributed by atoms with Gasteiger partial charge < -0.3 is 15.6 Å². The van der Waals surface area contributed by atoms with Gasteiger partial charge in [0.1, 0.15) is 0 Å². The van der Waals surface area contributed by atoms with Crippen molar-refractivity contribution in [3.8, 4) is 0 Å². The third kappa shape index (κ3) is 1.80. The van der Waals surface area contributed by atoms with Crippen molar-refractivity contribution in [3.63, 3.8) is 0 Å². The van der Waals surface area contributed by atoms with Crippen molar-refractivity contribution >= 4 is 16.6 Å². The van der Waals surface area contributed by atoms with Crippen LogP contribution < -0.4 is 11.1 Å². The van der Waals surface area contributed by atoms with Crippen LogP contribution >= 0.6 is 0 Å². The lowest BCUT2D eigenvalue weighted by Crippen LogP contribution is -2.26. The molecule has 1 aromatic carbocycles. The Morgan fingerprint density at radius 1 is 1.29 bits per heavy atom. The Bertz CT molecular complexity index is 536. The van der Waals surface area contributed by atoms with Gasteiger partial charge in [-0.1, -0.05) is 6.07 Å². The molecule has 1 saturated heterocycles. The number of fused-ring (bicyclic) bond motifs is 1. The number of anilines is 1. The highest BCUT2D eigenvalue weighted by Gasteiger charge is 2.19. The van der Waals surface area contributed by atoms with E-state index in [1.165, 1.54) is 29.3 Å². The molecule has 3 rings (SSSR count). The molecular weight excluding hydrogens is 210 g/mol. The van der Waals surface area contributed by atoms with Gasteiger partial charge in [-0.3, -0.25) is 0 Å². The van der Waals surface area contributed by atoms with Crippen LogP contribution in [0.2, 0.25) is 0 Å². The Balaban J connectivity index is 2.10. The quantitative estimate of drug-likeness (QED) is 0.736. The second kappa shape index (κ2) is 4.08. The Hall–Kier alpha value is -1.48. The lowest BCUT2D eigenvalue weighted by atomic mass is 9.90. The van der Waals surface area contributed by atoms with Crippen molar-refractivity contribution in [2.45, 2.75) is 18.8 Å². The number of aromatic nitrogens is 1. The summed E-state index contributed by atoms with van der Waals surface area (Å²) in [4.78, 5) is 0. The summed E-state index contributed by atoms with van der Waals surface area (Å²) in [5.74, 6) is 0.698. The Kier molecular flexibility index (Phi) is 2.56. The van der Waals surface area contributed by atoms with Crippen LogP contribution in [0, 0.1) is 0 Å². The molecule has 90 valence electrons. The fourth-order valence-corrected chi connectivity index (χ4v) is 2.89. The monoisotopic (exact) mass is 229 g/mol. The van der Waals surface area contributed by atoms with E-state index in [-0.39, 0.29) is 0 Å². The molecule has 0 radical (unpaired) electrons. The van der Waals surface area contributed by atoms with Gasteiger partial charge in [0.25, 0.3) is 0 Å². The molecule has 0 bridgehead atoms. The largest absolute Gasteiger partial charge is 0.399 e. The molecule has 1 aliphatic rings. The van der Waals surface area contributed by atoms with E-state index in [0.29, 0.717) is 5.92 Å². The number of benzene rings is 1. The minimum Gasteiger partial charge on any atom is -0.399 e. The smallest absolute Gasteiger partial charge is 0.0501 e. The zero-order valence-electron chi connectivity index (χ0n) is 10.2. The zero-order valence-corrected chi connectivity index (χ0v) is 10.2. The highest BCUT2D eigenvalue weighted by atomic mass is 14.9. The summed E-state index contributed by atoms with van der Waals surface area (Å²) in [7, 11) is 2.10. The van der Waals surface area contributed by atoms with Crippen molar-refractivity contribution in [2.75, 3.05) is 18.8 Å². The predicted octanol–water partition coefficient (Wildman–Crippen LogP) is 2.23. The third-order valence-corrected chi connectivity index (χ3v) is 3.82. The Morgan fingerprint density at radius 2 is 2.06 bits per heavy atom. The molecule has 3 nitrogen and oxygen atoms in total. The molecule has 0 spiro atoms. The van der Waals surface area contributed by atoms with E-state index in [2.05, 4.69) is 35.3 Å². The van der Waals surface area contributed by atoms with Gasteiger partial charge in [0.15, 0.2) is 0 Å². The maximum Gasteiger partial charge on any atom is 0.0501 e. The van der Waals surface area contributed by atoms with E-state index >= 15 is 0 Å². The number of nitrogens with two attached hydrogens (primary N) is 1. The molecule has 3 heteroatoms. The minimum absolute atomic E-state index is 0.698. The number of rotatable bonds is 1. The number of hydrogen-bond donors (Lipinski definition) is 2. The summed E-state index contributed by atoms with van der Waals surface area (Å²) in [5.41, 5.74) is 9.44. The van der Waals surface area contributed by atoms with Crippen LogP contribution in [0.5, 0.6) is 0 Å². The summed E-state index contributed by atoms with van der Waals surface area (Å²) < 4.78 is 2.20. The van der Waals surface area contributed by atoms with Crippen molar-refractivity contribution in [3.05, 3.63) is 30.0 Å². The number of piperidine rings is 1. The van der Waals surface area contributed by atoms with Gasteiger partial charge in [-0.2, -0.15) is 0 Å². The van der Waals surface area contributed by atoms with Gasteiger partial charge in [0.05, 0.1) is 5.52 Å². The first-order valence-corrected chi connectivity index (χ1v) is 6.31. The average molecular weight is 229 g/mol. The van der Waals surface area contributed by atoms with E-state index in [1.807, 2.05) is 6.07 Å². The van der Waals surface area contributed by atoms with Crippen LogP contribution in [0.3, 0.4) is 0 Å². The molecule has 2 aromatic rings. The van der Waals surface area contributed by atoms with Gasteiger partial charge in [-0.15, -0.1) is 0 Å². The van der Waals surface area contributed by atoms with Gasteiger partial charge >= 0.3 is 0 Å². The Labute approximate surface area is 102 Å². The van der Waals surface area contributed by atoms with E-state index in [4.69, 9.17) is 5.73 Å². The lowest BCUT2D eigenvalue weighted by Gasteiger charge is -2.22. The molecular formula is C14H19N3. The maximum absolute atomic E-state index is 5.86. The SMILES string of the molecule is Cn1cc(C2CCNCC2)c2ccc(N)cc21. The molecule has 2 heterocycles. The van der Waals surface area contributed by atoms with E-state index in [0.717, 1.165) is 18.8 Å². The summed E-state index contributed by atoms with van der Waals surface area (Å²) in [6, 6.07) is 6.24. The highest BCUT2D eigenvalue weighted by Crippen LogP contribution is 2.33. The van der Waals surface area contributed by atoms with Crippen LogP contribution in [0.4, 0.5) is 5.69 Å². The summed E-state index contributed by atoms with van der Waals surface area (Å²) >= 11 is 0. The fourth-order valence-electron chi connectivity index (χ4n) is 2.89. The number of nitrogens with one attached hydrogen (secondary N) is 1. The fraction of sp³-hybridized carbons (Fsp3) is 0.429. The van der Waals surface area contributed by atoms with E-state index < -0.39 is 0 Å². The minimum atomic E-state index is 0.698. The second-order valence-corrected chi connectivity index (χ2v) is 5.00. The predicted molar refractivity (Wildman–Crippen MR) is 72.2 cm³/mol. The van der Waals surface area contributed by atoms with Crippen LogP contribution in [0.25, 0.3) is 10.9 Å².